The van der Waals surface area contributed by atoms with Gasteiger partial charge in [-0.3, -0.25) is 4.79 Å². The lowest BCUT2D eigenvalue weighted by Crippen LogP contribution is -2.39. The van der Waals surface area contributed by atoms with Crippen molar-refractivity contribution in [3.05, 3.63) is 0 Å². The van der Waals surface area contributed by atoms with E-state index in [0.29, 0.717) is 6.42 Å². The van der Waals surface area contributed by atoms with Crippen molar-refractivity contribution in [1.29, 1.82) is 0 Å². The van der Waals surface area contributed by atoms with Gasteiger partial charge in [0.05, 0.1) is 6.04 Å². The first kappa shape index (κ1) is 9.43. The van der Waals surface area contributed by atoms with Crippen LogP contribution in [0.4, 0.5) is 0 Å². The smallest absolute Gasteiger partial charge is 0.234 e. The average Bonchev–Trinajstić information content (AvgIpc) is 1.60. The highest BCUT2D eigenvalue weighted by Crippen LogP contribution is 2.19. The normalized spacial score (nSPS) is 14.8. The van der Waals surface area contributed by atoms with E-state index in [1.165, 1.54) is 0 Å². The minimum atomic E-state index is -0.500. The number of amides is 1. The van der Waals surface area contributed by atoms with Gasteiger partial charge in [-0.05, 0) is 11.8 Å². The highest BCUT2D eigenvalue weighted by Gasteiger charge is 2.18. The Kier molecular flexibility index (Phi) is 2.84. The van der Waals surface area contributed by atoms with Crippen LogP contribution in [0.25, 0.3) is 0 Å². The summed E-state index contributed by atoms with van der Waals surface area (Å²) >= 11 is 0. The van der Waals surface area contributed by atoms with E-state index >= 15 is 0 Å². The summed E-state index contributed by atoms with van der Waals surface area (Å²) in [6.45, 7) is 6.07. The average molecular weight is 144 g/mol. The lowest BCUT2D eigenvalue weighted by atomic mass is 9.88. The highest BCUT2D eigenvalue weighted by atomic mass is 16.1. The third-order valence-corrected chi connectivity index (χ3v) is 1.20. The zero-order valence-electron chi connectivity index (χ0n) is 6.85. The number of nitrogens with two attached hydrogens (primary N) is 2. The zero-order valence-corrected chi connectivity index (χ0v) is 6.85. The van der Waals surface area contributed by atoms with Crippen molar-refractivity contribution in [2.45, 2.75) is 33.2 Å². The number of hydrogen-bond acceptors (Lipinski definition) is 2. The van der Waals surface area contributed by atoms with Crippen LogP contribution >= 0.6 is 0 Å². The van der Waals surface area contributed by atoms with Crippen LogP contribution in [0.2, 0.25) is 0 Å². The topological polar surface area (TPSA) is 69.1 Å². The van der Waals surface area contributed by atoms with Crippen LogP contribution in [0.3, 0.4) is 0 Å². The molecule has 0 bridgehead atoms. The molecule has 0 radical (unpaired) electrons. The molecule has 0 saturated heterocycles. The number of hydrogen-bond donors (Lipinski definition) is 2. The summed E-state index contributed by atoms with van der Waals surface area (Å²) < 4.78 is 0. The van der Waals surface area contributed by atoms with Crippen LogP contribution in [0.15, 0.2) is 0 Å². The second-order valence-corrected chi connectivity index (χ2v) is 3.77. The summed E-state index contributed by atoms with van der Waals surface area (Å²) in [6.07, 6.45) is 0.641. The summed E-state index contributed by atoms with van der Waals surface area (Å²) in [7, 11) is 0. The van der Waals surface area contributed by atoms with Gasteiger partial charge in [0.1, 0.15) is 0 Å². The first-order chi connectivity index (χ1) is 4.33. The standard InChI is InChI=1S/C7H16N2O/c1-7(2,3)4-5(8)6(9)10/h5H,4,8H2,1-3H3,(H2,9,10)/t5-/m1/s1. The molecule has 0 aromatic rings. The summed E-state index contributed by atoms with van der Waals surface area (Å²) in [5.74, 6) is -0.421. The summed E-state index contributed by atoms with van der Waals surface area (Å²) in [5.41, 5.74) is 10.5. The summed E-state index contributed by atoms with van der Waals surface area (Å²) in [5, 5.41) is 0. The maximum atomic E-state index is 10.5. The van der Waals surface area contributed by atoms with Crippen LogP contribution < -0.4 is 11.5 Å². The van der Waals surface area contributed by atoms with Gasteiger partial charge in [0.25, 0.3) is 0 Å². The van der Waals surface area contributed by atoms with E-state index in [1.54, 1.807) is 0 Å². The Hall–Kier alpha value is -0.570. The molecular formula is C7H16N2O. The van der Waals surface area contributed by atoms with Gasteiger partial charge >= 0.3 is 0 Å². The molecule has 0 aliphatic carbocycles. The number of carbonyl (C=O) groups excluding carboxylic acids is 1. The maximum absolute atomic E-state index is 10.5. The van der Waals surface area contributed by atoms with Crippen molar-refractivity contribution in [3.63, 3.8) is 0 Å². The number of rotatable bonds is 2. The predicted molar refractivity (Wildman–Crippen MR) is 41.2 cm³/mol. The fourth-order valence-electron chi connectivity index (χ4n) is 0.760. The third kappa shape index (κ3) is 4.32. The van der Waals surface area contributed by atoms with Gasteiger partial charge in [-0.25, -0.2) is 0 Å². The minimum Gasteiger partial charge on any atom is -0.368 e. The second kappa shape index (κ2) is 3.01. The molecule has 60 valence electrons. The minimum absolute atomic E-state index is 0.0778. The van der Waals surface area contributed by atoms with Crippen LogP contribution in [0.1, 0.15) is 27.2 Å². The Morgan fingerprint density at radius 3 is 2.00 bits per heavy atom. The molecule has 0 aliphatic rings. The molecule has 0 saturated carbocycles. The molecule has 0 fully saturated rings. The maximum Gasteiger partial charge on any atom is 0.234 e. The van der Waals surface area contributed by atoms with E-state index in [0.717, 1.165) is 0 Å². The van der Waals surface area contributed by atoms with E-state index in [4.69, 9.17) is 11.5 Å². The predicted octanol–water partition coefficient (Wildman–Crippen LogP) is 0.235. The van der Waals surface area contributed by atoms with E-state index in [1.807, 2.05) is 20.8 Å². The molecule has 0 rings (SSSR count). The van der Waals surface area contributed by atoms with E-state index in [-0.39, 0.29) is 5.41 Å². The van der Waals surface area contributed by atoms with Gasteiger partial charge in [-0.1, -0.05) is 20.8 Å². The summed E-state index contributed by atoms with van der Waals surface area (Å²) in [6, 6.07) is -0.500. The lowest BCUT2D eigenvalue weighted by molar-refractivity contribution is -0.119. The fourth-order valence-corrected chi connectivity index (χ4v) is 0.760. The first-order valence-electron chi connectivity index (χ1n) is 3.38. The van der Waals surface area contributed by atoms with Crippen molar-refractivity contribution >= 4 is 5.91 Å². The molecule has 4 N–H and O–H groups in total. The Bertz CT molecular complexity index is 126. The quantitative estimate of drug-likeness (QED) is 0.582. The molecule has 0 spiro atoms. The van der Waals surface area contributed by atoms with E-state index in [9.17, 15) is 4.79 Å². The molecule has 0 unspecified atom stereocenters. The van der Waals surface area contributed by atoms with Crippen LogP contribution in [-0.4, -0.2) is 11.9 Å². The summed E-state index contributed by atoms with van der Waals surface area (Å²) in [4.78, 5) is 10.5. The third-order valence-electron chi connectivity index (χ3n) is 1.20. The highest BCUT2D eigenvalue weighted by molar-refractivity contribution is 5.79. The van der Waals surface area contributed by atoms with E-state index < -0.39 is 11.9 Å². The van der Waals surface area contributed by atoms with Crippen LogP contribution in [-0.2, 0) is 4.79 Å². The largest absolute Gasteiger partial charge is 0.368 e. The van der Waals surface area contributed by atoms with Gasteiger partial charge < -0.3 is 11.5 Å². The monoisotopic (exact) mass is 144 g/mol. The van der Waals surface area contributed by atoms with Gasteiger partial charge in [-0.2, -0.15) is 0 Å². The second-order valence-electron chi connectivity index (χ2n) is 3.77. The number of primary amides is 1. The van der Waals surface area contributed by atoms with Crippen LogP contribution in [0, 0.1) is 5.41 Å². The lowest BCUT2D eigenvalue weighted by Gasteiger charge is -2.20. The van der Waals surface area contributed by atoms with Gasteiger partial charge in [-0.15, -0.1) is 0 Å². The van der Waals surface area contributed by atoms with Crippen molar-refractivity contribution < 1.29 is 4.79 Å². The molecule has 1 atom stereocenters. The Balaban J connectivity index is 3.80. The number of carbonyl (C=O) groups is 1. The van der Waals surface area contributed by atoms with Crippen LogP contribution in [0.5, 0.6) is 0 Å². The Morgan fingerprint density at radius 1 is 1.50 bits per heavy atom. The molecule has 10 heavy (non-hydrogen) atoms. The fraction of sp³-hybridized carbons (Fsp3) is 0.857. The van der Waals surface area contributed by atoms with Crippen molar-refractivity contribution in [1.82, 2.24) is 0 Å². The molecule has 0 aliphatic heterocycles. The van der Waals surface area contributed by atoms with Crippen molar-refractivity contribution in [2.75, 3.05) is 0 Å². The molecule has 1 amide bonds. The van der Waals surface area contributed by atoms with Crippen molar-refractivity contribution in [2.24, 2.45) is 16.9 Å². The molecule has 3 heteroatoms. The molecule has 0 heterocycles. The SMILES string of the molecule is CC(C)(C)C[C@@H](N)C(N)=O. The molecule has 3 nitrogen and oxygen atoms in total. The van der Waals surface area contributed by atoms with Gasteiger partial charge in [0.15, 0.2) is 0 Å². The first-order valence-corrected chi connectivity index (χ1v) is 3.38. The van der Waals surface area contributed by atoms with Gasteiger partial charge in [0.2, 0.25) is 5.91 Å². The molecule has 0 aromatic carbocycles. The molecule has 0 aromatic heterocycles. The zero-order chi connectivity index (χ0) is 8.36. The van der Waals surface area contributed by atoms with Gasteiger partial charge in [0, 0.05) is 0 Å². The molecular weight excluding hydrogens is 128 g/mol. The Morgan fingerprint density at radius 2 is 1.90 bits per heavy atom. The van der Waals surface area contributed by atoms with E-state index in [2.05, 4.69) is 0 Å². The Labute approximate surface area is 61.8 Å². The van der Waals surface area contributed by atoms with Crippen molar-refractivity contribution in [3.8, 4) is 0 Å².